The van der Waals surface area contributed by atoms with E-state index < -0.39 is 11.4 Å². The molecule has 0 aromatic heterocycles. The summed E-state index contributed by atoms with van der Waals surface area (Å²) in [5.41, 5.74) is 0.290. The maximum atomic E-state index is 13.3. The van der Waals surface area contributed by atoms with Gasteiger partial charge in [0.25, 0.3) is 0 Å². The smallest absolute Gasteiger partial charge is 0.309 e. The van der Waals surface area contributed by atoms with E-state index in [-0.39, 0.29) is 5.82 Å². The van der Waals surface area contributed by atoms with Gasteiger partial charge in [0.2, 0.25) is 0 Å². The fourth-order valence-electron chi connectivity index (χ4n) is 1.60. The van der Waals surface area contributed by atoms with Crippen LogP contribution in [-0.4, -0.2) is 18.2 Å². The molecule has 0 saturated carbocycles. The molecule has 1 rings (SSSR count). The van der Waals surface area contributed by atoms with E-state index in [2.05, 4.69) is 0 Å². The fraction of sp³-hybridized carbons (Fsp3) is 0.462. The van der Waals surface area contributed by atoms with Gasteiger partial charge in [0, 0.05) is 6.07 Å². The predicted octanol–water partition coefficient (Wildman–Crippen LogP) is 2.80. The molecule has 1 N–H and O–H groups in total. The molecule has 1 aromatic rings. The lowest BCUT2D eigenvalue weighted by atomic mass is 9.85. The summed E-state index contributed by atoms with van der Waals surface area (Å²) in [4.78, 5) is 11.1. The Bertz CT molecular complexity index is 439. The molecule has 3 nitrogen and oxygen atoms in total. The minimum atomic E-state index is -0.905. The molecule has 0 unspecified atom stereocenters. The highest BCUT2D eigenvalue weighted by Gasteiger charge is 2.29. The number of aliphatic carboxylic acids is 1. The highest BCUT2D eigenvalue weighted by Crippen LogP contribution is 2.30. The molecule has 0 radical (unpaired) electrons. The number of ether oxygens (including phenoxy) is 1. The Morgan fingerprint density at radius 3 is 2.53 bits per heavy atom. The minimum Gasteiger partial charge on any atom is -0.496 e. The SMILES string of the molecule is COc1cc(F)c(C)cc1CC(C)(C)C(=O)O. The Kier molecular flexibility index (Phi) is 3.76. The van der Waals surface area contributed by atoms with E-state index in [0.29, 0.717) is 23.3 Å². The van der Waals surface area contributed by atoms with Crippen molar-refractivity contribution < 1.29 is 19.0 Å². The van der Waals surface area contributed by atoms with Crippen molar-refractivity contribution in [2.45, 2.75) is 27.2 Å². The molecule has 0 heterocycles. The number of halogens is 1. The van der Waals surface area contributed by atoms with Gasteiger partial charge in [-0.3, -0.25) is 4.79 Å². The van der Waals surface area contributed by atoms with Crippen LogP contribution in [-0.2, 0) is 11.2 Å². The van der Waals surface area contributed by atoms with Crippen LogP contribution < -0.4 is 4.74 Å². The average Bonchev–Trinajstić information content (AvgIpc) is 2.22. The Balaban J connectivity index is 3.14. The first-order valence-corrected chi connectivity index (χ1v) is 5.34. The molecule has 0 saturated heterocycles. The molecule has 0 amide bonds. The fourth-order valence-corrected chi connectivity index (χ4v) is 1.60. The summed E-state index contributed by atoms with van der Waals surface area (Å²) in [5.74, 6) is -0.845. The largest absolute Gasteiger partial charge is 0.496 e. The number of methoxy groups -OCH3 is 1. The van der Waals surface area contributed by atoms with Gasteiger partial charge in [-0.05, 0) is 44.4 Å². The average molecular weight is 240 g/mol. The first-order valence-electron chi connectivity index (χ1n) is 5.34. The van der Waals surface area contributed by atoms with Gasteiger partial charge >= 0.3 is 5.97 Å². The van der Waals surface area contributed by atoms with Gasteiger partial charge < -0.3 is 9.84 Å². The van der Waals surface area contributed by atoms with E-state index in [1.165, 1.54) is 13.2 Å². The summed E-state index contributed by atoms with van der Waals surface area (Å²) < 4.78 is 18.4. The lowest BCUT2D eigenvalue weighted by Gasteiger charge is -2.21. The van der Waals surface area contributed by atoms with Crippen molar-refractivity contribution in [2.75, 3.05) is 7.11 Å². The van der Waals surface area contributed by atoms with Crippen molar-refractivity contribution in [3.05, 3.63) is 29.1 Å². The Morgan fingerprint density at radius 2 is 2.06 bits per heavy atom. The van der Waals surface area contributed by atoms with E-state index in [1.54, 1.807) is 26.8 Å². The number of hydrogen-bond donors (Lipinski definition) is 1. The predicted molar refractivity (Wildman–Crippen MR) is 62.8 cm³/mol. The number of benzene rings is 1. The maximum Gasteiger partial charge on any atom is 0.309 e. The van der Waals surface area contributed by atoms with E-state index in [0.717, 1.165) is 0 Å². The number of carbonyl (C=O) groups is 1. The molecule has 0 fully saturated rings. The van der Waals surface area contributed by atoms with Gasteiger partial charge in [-0.1, -0.05) is 0 Å². The third kappa shape index (κ3) is 2.96. The van der Waals surface area contributed by atoms with Crippen LogP contribution in [0.1, 0.15) is 25.0 Å². The van der Waals surface area contributed by atoms with Gasteiger partial charge in [0.05, 0.1) is 12.5 Å². The van der Waals surface area contributed by atoms with Gasteiger partial charge in [-0.15, -0.1) is 0 Å². The minimum absolute atomic E-state index is 0.298. The molecule has 0 aliphatic heterocycles. The quantitative estimate of drug-likeness (QED) is 0.880. The number of carboxylic acid groups (broad SMARTS) is 1. The van der Waals surface area contributed by atoms with Crippen LogP contribution in [0, 0.1) is 18.2 Å². The van der Waals surface area contributed by atoms with E-state index >= 15 is 0 Å². The number of aryl methyl sites for hydroxylation is 1. The van der Waals surface area contributed by atoms with Crippen LogP contribution in [0.15, 0.2) is 12.1 Å². The molecule has 4 heteroatoms. The van der Waals surface area contributed by atoms with Gasteiger partial charge in [0.1, 0.15) is 11.6 Å². The first kappa shape index (κ1) is 13.5. The molecule has 94 valence electrons. The van der Waals surface area contributed by atoms with E-state index in [1.807, 2.05) is 0 Å². The van der Waals surface area contributed by atoms with Crippen LogP contribution in [0.3, 0.4) is 0 Å². The van der Waals surface area contributed by atoms with Crippen molar-refractivity contribution in [3.8, 4) is 5.75 Å². The zero-order valence-electron chi connectivity index (χ0n) is 10.5. The van der Waals surface area contributed by atoms with Crippen molar-refractivity contribution in [2.24, 2.45) is 5.41 Å². The third-order valence-electron chi connectivity index (χ3n) is 2.77. The lowest BCUT2D eigenvalue weighted by molar-refractivity contribution is -0.146. The second kappa shape index (κ2) is 4.73. The summed E-state index contributed by atoms with van der Waals surface area (Å²) in [6, 6.07) is 2.93. The maximum absolute atomic E-state index is 13.3. The summed E-state index contributed by atoms with van der Waals surface area (Å²) in [6.07, 6.45) is 0.298. The molecule has 0 aliphatic rings. The molecule has 0 spiro atoms. The molecule has 1 aromatic carbocycles. The van der Waals surface area contributed by atoms with Crippen molar-refractivity contribution >= 4 is 5.97 Å². The summed E-state index contributed by atoms with van der Waals surface area (Å²) >= 11 is 0. The zero-order valence-corrected chi connectivity index (χ0v) is 10.5. The molecular weight excluding hydrogens is 223 g/mol. The summed E-state index contributed by atoms with van der Waals surface area (Å²) in [7, 11) is 1.45. The highest BCUT2D eigenvalue weighted by atomic mass is 19.1. The van der Waals surface area contributed by atoms with Crippen LogP contribution >= 0.6 is 0 Å². The summed E-state index contributed by atoms with van der Waals surface area (Å²) in [5, 5.41) is 9.08. The molecule has 17 heavy (non-hydrogen) atoms. The number of hydrogen-bond acceptors (Lipinski definition) is 2. The monoisotopic (exact) mass is 240 g/mol. The van der Waals surface area contributed by atoms with Crippen LogP contribution in [0.4, 0.5) is 4.39 Å². The lowest BCUT2D eigenvalue weighted by Crippen LogP contribution is -2.26. The van der Waals surface area contributed by atoms with E-state index in [4.69, 9.17) is 9.84 Å². The molecule has 0 aliphatic carbocycles. The Morgan fingerprint density at radius 1 is 1.47 bits per heavy atom. The van der Waals surface area contributed by atoms with Gasteiger partial charge in [0.15, 0.2) is 0 Å². The first-order chi connectivity index (χ1) is 7.77. The van der Waals surface area contributed by atoms with Gasteiger partial charge in [-0.25, -0.2) is 4.39 Å². The van der Waals surface area contributed by atoms with Crippen LogP contribution in [0.25, 0.3) is 0 Å². The molecular formula is C13H17FO3. The Hall–Kier alpha value is -1.58. The summed E-state index contributed by atoms with van der Waals surface area (Å²) in [6.45, 7) is 4.91. The topological polar surface area (TPSA) is 46.5 Å². The van der Waals surface area contributed by atoms with Gasteiger partial charge in [-0.2, -0.15) is 0 Å². The molecule has 0 atom stereocenters. The molecule has 0 bridgehead atoms. The Labute approximate surface area is 100 Å². The second-order valence-corrected chi connectivity index (χ2v) is 4.78. The number of rotatable bonds is 4. The van der Waals surface area contributed by atoms with Crippen LogP contribution in [0.2, 0.25) is 0 Å². The standard InChI is InChI=1S/C13H17FO3/c1-8-5-9(7-13(2,3)12(15)16)11(17-4)6-10(8)14/h5-6H,7H2,1-4H3,(H,15,16). The zero-order chi connectivity index (χ0) is 13.2. The van der Waals surface area contributed by atoms with Crippen molar-refractivity contribution in [3.63, 3.8) is 0 Å². The van der Waals surface area contributed by atoms with E-state index in [9.17, 15) is 9.18 Å². The number of carboxylic acids is 1. The van der Waals surface area contributed by atoms with Crippen molar-refractivity contribution in [1.82, 2.24) is 0 Å². The normalized spacial score (nSPS) is 11.4. The van der Waals surface area contributed by atoms with Crippen molar-refractivity contribution in [1.29, 1.82) is 0 Å². The highest BCUT2D eigenvalue weighted by molar-refractivity contribution is 5.74. The second-order valence-electron chi connectivity index (χ2n) is 4.78. The third-order valence-corrected chi connectivity index (χ3v) is 2.77. The van der Waals surface area contributed by atoms with Crippen LogP contribution in [0.5, 0.6) is 5.75 Å².